The summed E-state index contributed by atoms with van der Waals surface area (Å²) < 4.78 is 28.3. The Hall–Kier alpha value is -1.61. The van der Waals surface area contributed by atoms with Crippen molar-refractivity contribution in [1.82, 2.24) is 0 Å². The molecule has 1 amide bonds. The van der Waals surface area contributed by atoms with Gasteiger partial charge in [0.1, 0.15) is 0 Å². The SMILES string of the molecule is CC(=O)Nc1cccc(S(=O)(=O)Nc2cc(C)ccc2I)c1. The van der Waals surface area contributed by atoms with Crippen molar-refractivity contribution in [3.63, 3.8) is 0 Å². The lowest BCUT2D eigenvalue weighted by molar-refractivity contribution is -0.114. The molecule has 0 fully saturated rings. The Balaban J connectivity index is 2.34. The number of halogens is 1. The molecule has 2 aromatic rings. The van der Waals surface area contributed by atoms with Crippen LogP contribution in [0.25, 0.3) is 0 Å². The van der Waals surface area contributed by atoms with E-state index in [2.05, 4.69) is 32.6 Å². The van der Waals surface area contributed by atoms with E-state index in [0.29, 0.717) is 11.4 Å². The van der Waals surface area contributed by atoms with E-state index in [0.717, 1.165) is 9.13 Å². The summed E-state index contributed by atoms with van der Waals surface area (Å²) in [5.41, 5.74) is 1.94. The van der Waals surface area contributed by atoms with Gasteiger partial charge in [0.15, 0.2) is 0 Å². The van der Waals surface area contributed by atoms with Gasteiger partial charge in [0, 0.05) is 16.2 Å². The highest BCUT2D eigenvalue weighted by Gasteiger charge is 2.16. The van der Waals surface area contributed by atoms with Crippen LogP contribution in [0.5, 0.6) is 0 Å². The Bertz CT molecular complexity index is 819. The first-order valence-electron chi connectivity index (χ1n) is 6.44. The Morgan fingerprint density at radius 3 is 2.55 bits per heavy atom. The van der Waals surface area contributed by atoms with E-state index in [1.807, 2.05) is 19.1 Å². The van der Waals surface area contributed by atoms with Crippen molar-refractivity contribution in [2.75, 3.05) is 10.0 Å². The van der Waals surface area contributed by atoms with E-state index < -0.39 is 10.0 Å². The third-order valence-electron chi connectivity index (χ3n) is 2.83. The molecule has 0 aromatic heterocycles. The molecule has 2 rings (SSSR count). The first kappa shape index (κ1) is 16.8. The Morgan fingerprint density at radius 1 is 1.14 bits per heavy atom. The second kappa shape index (κ2) is 6.66. The lowest BCUT2D eigenvalue weighted by atomic mass is 10.2. The largest absolute Gasteiger partial charge is 0.326 e. The zero-order valence-electron chi connectivity index (χ0n) is 12.1. The van der Waals surface area contributed by atoms with E-state index in [1.165, 1.54) is 19.1 Å². The molecule has 2 N–H and O–H groups in total. The molecule has 0 bridgehead atoms. The van der Waals surface area contributed by atoms with Crippen LogP contribution >= 0.6 is 22.6 Å². The van der Waals surface area contributed by atoms with Gasteiger partial charge in [-0.05, 0) is 65.4 Å². The third kappa shape index (κ3) is 4.20. The fourth-order valence-corrected chi connectivity index (χ4v) is 3.63. The number of benzene rings is 2. The number of aryl methyl sites for hydroxylation is 1. The van der Waals surface area contributed by atoms with Crippen molar-refractivity contribution in [1.29, 1.82) is 0 Å². The molecule has 22 heavy (non-hydrogen) atoms. The molecule has 2 aromatic carbocycles. The molecule has 0 saturated heterocycles. The maximum Gasteiger partial charge on any atom is 0.262 e. The highest BCUT2D eigenvalue weighted by molar-refractivity contribution is 14.1. The Kier molecular flexibility index (Phi) is 5.07. The van der Waals surface area contributed by atoms with Gasteiger partial charge in [0.05, 0.1) is 10.6 Å². The minimum Gasteiger partial charge on any atom is -0.326 e. The second-order valence-corrected chi connectivity index (χ2v) is 7.64. The first-order chi connectivity index (χ1) is 10.3. The first-order valence-corrected chi connectivity index (χ1v) is 9.01. The maximum absolute atomic E-state index is 12.5. The number of anilines is 2. The van der Waals surface area contributed by atoms with Gasteiger partial charge < -0.3 is 5.32 Å². The molecule has 0 heterocycles. The van der Waals surface area contributed by atoms with Gasteiger partial charge >= 0.3 is 0 Å². The van der Waals surface area contributed by atoms with Crippen LogP contribution in [0.2, 0.25) is 0 Å². The molecule has 0 aliphatic rings. The number of carbonyl (C=O) groups excluding carboxylic acids is 1. The summed E-state index contributed by atoms with van der Waals surface area (Å²) in [4.78, 5) is 11.2. The predicted molar refractivity (Wildman–Crippen MR) is 95.5 cm³/mol. The van der Waals surface area contributed by atoms with Crippen molar-refractivity contribution in [3.8, 4) is 0 Å². The summed E-state index contributed by atoms with van der Waals surface area (Å²) in [5.74, 6) is -0.254. The van der Waals surface area contributed by atoms with Crippen LogP contribution in [0.1, 0.15) is 12.5 Å². The molecular weight excluding hydrogens is 415 g/mol. The van der Waals surface area contributed by atoms with Crippen molar-refractivity contribution in [3.05, 3.63) is 51.6 Å². The van der Waals surface area contributed by atoms with Gasteiger partial charge in [-0.3, -0.25) is 9.52 Å². The van der Waals surface area contributed by atoms with Gasteiger partial charge in [-0.2, -0.15) is 0 Å². The van der Waals surface area contributed by atoms with E-state index in [-0.39, 0.29) is 10.8 Å². The van der Waals surface area contributed by atoms with E-state index in [4.69, 9.17) is 0 Å². The van der Waals surface area contributed by atoms with Gasteiger partial charge in [-0.25, -0.2) is 8.42 Å². The number of hydrogen-bond donors (Lipinski definition) is 2. The number of amides is 1. The Morgan fingerprint density at radius 2 is 1.86 bits per heavy atom. The summed E-state index contributed by atoms with van der Waals surface area (Å²) in [6.07, 6.45) is 0. The monoisotopic (exact) mass is 430 g/mol. The fourth-order valence-electron chi connectivity index (χ4n) is 1.87. The van der Waals surface area contributed by atoms with Crippen LogP contribution in [0.3, 0.4) is 0 Å². The minimum absolute atomic E-state index is 0.0936. The lowest BCUT2D eigenvalue weighted by Crippen LogP contribution is -2.14. The zero-order valence-corrected chi connectivity index (χ0v) is 15.0. The van der Waals surface area contributed by atoms with Crippen LogP contribution in [0.15, 0.2) is 47.4 Å². The number of nitrogens with one attached hydrogen (secondary N) is 2. The van der Waals surface area contributed by atoms with Crippen molar-refractivity contribution in [2.45, 2.75) is 18.7 Å². The van der Waals surface area contributed by atoms with Crippen LogP contribution in [-0.2, 0) is 14.8 Å². The van der Waals surface area contributed by atoms with Crippen LogP contribution in [0, 0.1) is 10.5 Å². The van der Waals surface area contributed by atoms with Gasteiger partial charge in [-0.15, -0.1) is 0 Å². The van der Waals surface area contributed by atoms with Crippen molar-refractivity contribution >= 4 is 49.9 Å². The van der Waals surface area contributed by atoms with Crippen LogP contribution in [-0.4, -0.2) is 14.3 Å². The molecule has 0 spiro atoms. The average Bonchev–Trinajstić information content (AvgIpc) is 2.42. The normalized spacial score (nSPS) is 11.0. The predicted octanol–water partition coefficient (Wildman–Crippen LogP) is 3.36. The molecule has 0 saturated carbocycles. The summed E-state index contributed by atoms with van der Waals surface area (Å²) in [7, 11) is -3.72. The molecule has 0 atom stereocenters. The summed E-state index contributed by atoms with van der Waals surface area (Å²) in [6.45, 7) is 3.26. The lowest BCUT2D eigenvalue weighted by Gasteiger charge is -2.11. The quantitative estimate of drug-likeness (QED) is 0.731. The molecule has 0 aliphatic carbocycles. The van der Waals surface area contributed by atoms with E-state index in [9.17, 15) is 13.2 Å². The minimum atomic E-state index is -3.72. The van der Waals surface area contributed by atoms with Crippen molar-refractivity contribution in [2.24, 2.45) is 0 Å². The second-order valence-electron chi connectivity index (χ2n) is 4.80. The van der Waals surface area contributed by atoms with Crippen LogP contribution < -0.4 is 10.0 Å². The summed E-state index contributed by atoms with van der Waals surface area (Å²) >= 11 is 2.08. The molecule has 0 aliphatic heterocycles. The average molecular weight is 430 g/mol. The number of carbonyl (C=O) groups is 1. The highest BCUT2D eigenvalue weighted by Crippen LogP contribution is 2.24. The smallest absolute Gasteiger partial charge is 0.262 e. The van der Waals surface area contributed by atoms with Crippen LogP contribution in [0.4, 0.5) is 11.4 Å². The summed E-state index contributed by atoms with van der Waals surface area (Å²) in [6, 6.07) is 11.7. The molecule has 7 heteroatoms. The van der Waals surface area contributed by atoms with Crippen molar-refractivity contribution < 1.29 is 13.2 Å². The van der Waals surface area contributed by atoms with E-state index in [1.54, 1.807) is 18.2 Å². The van der Waals surface area contributed by atoms with Gasteiger partial charge in [0.25, 0.3) is 10.0 Å². The highest BCUT2D eigenvalue weighted by atomic mass is 127. The molecule has 116 valence electrons. The van der Waals surface area contributed by atoms with Gasteiger partial charge in [-0.1, -0.05) is 12.1 Å². The molecule has 0 radical (unpaired) electrons. The standard InChI is InChI=1S/C15H15IN2O3S/c1-10-6-7-14(16)15(8-10)18-22(20,21)13-5-3-4-12(9-13)17-11(2)19/h3-9,18H,1-2H3,(H,17,19). The van der Waals surface area contributed by atoms with Gasteiger partial charge in [0.2, 0.25) is 5.91 Å². The molecule has 0 unspecified atom stereocenters. The molecular formula is C15H15IN2O3S. The molecule has 5 nitrogen and oxygen atoms in total. The zero-order chi connectivity index (χ0) is 16.3. The topological polar surface area (TPSA) is 75.3 Å². The number of hydrogen-bond acceptors (Lipinski definition) is 3. The fraction of sp³-hybridized carbons (Fsp3) is 0.133. The number of rotatable bonds is 4. The summed E-state index contributed by atoms with van der Waals surface area (Å²) in [5, 5.41) is 2.57. The Labute approximate surface area is 143 Å². The van der Waals surface area contributed by atoms with E-state index >= 15 is 0 Å². The number of sulfonamides is 1. The third-order valence-corrected chi connectivity index (χ3v) is 5.13. The maximum atomic E-state index is 12.5.